The first kappa shape index (κ1) is 16.7. The van der Waals surface area contributed by atoms with Gasteiger partial charge in [0.15, 0.2) is 0 Å². The van der Waals surface area contributed by atoms with Crippen molar-refractivity contribution in [2.75, 3.05) is 19.6 Å². The summed E-state index contributed by atoms with van der Waals surface area (Å²) < 4.78 is 0. The van der Waals surface area contributed by atoms with Crippen molar-refractivity contribution in [3.05, 3.63) is 33.8 Å². The molecule has 0 aromatic heterocycles. The normalized spacial score (nSPS) is 12.9. The van der Waals surface area contributed by atoms with Crippen LogP contribution in [0.15, 0.2) is 18.2 Å². The summed E-state index contributed by atoms with van der Waals surface area (Å²) in [5.41, 5.74) is 3.91. The number of nitrogens with zero attached hydrogens (tertiary/aromatic N) is 1. The first-order chi connectivity index (χ1) is 9.10. The number of nitrogens with two attached hydrogens (primary N) is 1. The van der Waals surface area contributed by atoms with Gasteiger partial charge in [-0.2, -0.15) is 0 Å². The largest absolute Gasteiger partial charge is 0.304 e. The Morgan fingerprint density at radius 2 is 1.95 bits per heavy atom. The number of hydrogen-bond acceptors (Lipinski definition) is 3. The summed E-state index contributed by atoms with van der Waals surface area (Å²) in [7, 11) is 0. The molecule has 1 rings (SSSR count). The summed E-state index contributed by atoms with van der Waals surface area (Å²) in [5.74, 6) is 5.63. The Bertz CT molecular complexity index is 381. The fraction of sp³-hybridized carbons (Fsp3) is 0.571. The summed E-state index contributed by atoms with van der Waals surface area (Å²) in [4.78, 5) is 2.38. The van der Waals surface area contributed by atoms with Crippen molar-refractivity contribution >= 4 is 23.2 Å². The van der Waals surface area contributed by atoms with Crippen LogP contribution in [-0.4, -0.2) is 30.6 Å². The molecule has 0 aliphatic carbocycles. The molecule has 0 aliphatic rings. The van der Waals surface area contributed by atoms with Gasteiger partial charge in [0.25, 0.3) is 0 Å². The van der Waals surface area contributed by atoms with E-state index in [0.717, 1.165) is 43.1 Å². The van der Waals surface area contributed by atoms with Gasteiger partial charge >= 0.3 is 0 Å². The summed E-state index contributed by atoms with van der Waals surface area (Å²) in [6, 6.07) is 5.74. The molecule has 1 unspecified atom stereocenters. The predicted octanol–water partition coefficient (Wildman–Crippen LogP) is 3.10. The Kier molecular flexibility index (Phi) is 7.73. The van der Waals surface area contributed by atoms with Gasteiger partial charge < -0.3 is 4.90 Å². The van der Waals surface area contributed by atoms with Crippen molar-refractivity contribution in [3.8, 4) is 0 Å². The van der Waals surface area contributed by atoms with E-state index in [1.165, 1.54) is 0 Å². The van der Waals surface area contributed by atoms with E-state index in [4.69, 9.17) is 29.0 Å². The van der Waals surface area contributed by atoms with E-state index in [1.54, 1.807) is 6.07 Å². The van der Waals surface area contributed by atoms with Gasteiger partial charge in [0, 0.05) is 16.1 Å². The van der Waals surface area contributed by atoms with Crippen LogP contribution in [0.1, 0.15) is 25.8 Å². The molecule has 1 atom stereocenters. The number of nitrogens with one attached hydrogen (secondary N) is 1. The highest BCUT2D eigenvalue weighted by Gasteiger charge is 2.12. The minimum absolute atomic E-state index is 0.205. The van der Waals surface area contributed by atoms with E-state index in [9.17, 15) is 0 Å². The van der Waals surface area contributed by atoms with Gasteiger partial charge in [-0.1, -0.05) is 37.0 Å². The van der Waals surface area contributed by atoms with Crippen LogP contribution in [0, 0.1) is 0 Å². The molecule has 108 valence electrons. The van der Waals surface area contributed by atoms with Crippen LogP contribution in [0.4, 0.5) is 0 Å². The lowest BCUT2D eigenvalue weighted by molar-refractivity contribution is 0.281. The molecule has 5 heteroatoms. The second-order valence-corrected chi connectivity index (χ2v) is 5.46. The Labute approximate surface area is 126 Å². The van der Waals surface area contributed by atoms with Crippen molar-refractivity contribution in [2.24, 2.45) is 5.84 Å². The summed E-state index contributed by atoms with van der Waals surface area (Å²) >= 11 is 12.2. The van der Waals surface area contributed by atoms with E-state index < -0.39 is 0 Å². The zero-order valence-corrected chi connectivity index (χ0v) is 13.1. The summed E-state index contributed by atoms with van der Waals surface area (Å²) in [6.45, 7) is 7.49. The molecule has 0 saturated carbocycles. The van der Waals surface area contributed by atoms with Gasteiger partial charge in [0.05, 0.1) is 0 Å². The Hall–Kier alpha value is -0.320. The lowest BCUT2D eigenvalue weighted by Crippen LogP contribution is -2.39. The molecule has 0 spiro atoms. The molecular formula is C14H23Cl2N3. The van der Waals surface area contributed by atoms with E-state index in [2.05, 4.69) is 24.2 Å². The van der Waals surface area contributed by atoms with Crippen LogP contribution in [0.5, 0.6) is 0 Å². The lowest BCUT2D eigenvalue weighted by atomic mass is 10.0. The highest BCUT2D eigenvalue weighted by Crippen LogP contribution is 2.22. The van der Waals surface area contributed by atoms with Crippen molar-refractivity contribution in [2.45, 2.75) is 32.7 Å². The fourth-order valence-corrected chi connectivity index (χ4v) is 2.48. The van der Waals surface area contributed by atoms with Gasteiger partial charge in [0.2, 0.25) is 0 Å². The second kappa shape index (κ2) is 8.77. The van der Waals surface area contributed by atoms with Crippen molar-refractivity contribution in [1.29, 1.82) is 0 Å². The van der Waals surface area contributed by atoms with Gasteiger partial charge in [-0.3, -0.25) is 11.3 Å². The number of hydrogen-bond donors (Lipinski definition) is 2. The van der Waals surface area contributed by atoms with Crippen molar-refractivity contribution in [3.63, 3.8) is 0 Å². The molecule has 0 heterocycles. The third-order valence-corrected chi connectivity index (χ3v) is 4.00. The molecule has 0 aliphatic heterocycles. The quantitative estimate of drug-likeness (QED) is 0.573. The second-order valence-electron chi connectivity index (χ2n) is 4.62. The van der Waals surface area contributed by atoms with Crippen LogP contribution in [0.2, 0.25) is 10.0 Å². The number of halogens is 2. The molecule has 3 N–H and O–H groups in total. The van der Waals surface area contributed by atoms with Gasteiger partial charge in [-0.25, -0.2) is 0 Å². The molecular weight excluding hydrogens is 281 g/mol. The maximum absolute atomic E-state index is 6.18. The van der Waals surface area contributed by atoms with Crippen LogP contribution >= 0.6 is 23.2 Å². The molecule has 0 amide bonds. The highest BCUT2D eigenvalue weighted by molar-refractivity contribution is 6.33. The first-order valence-electron chi connectivity index (χ1n) is 6.73. The number of hydrazine groups is 1. The Morgan fingerprint density at radius 3 is 2.53 bits per heavy atom. The molecule has 3 nitrogen and oxygen atoms in total. The SMILES string of the molecule is CCN(CC)CCC(Cc1cc(Cl)ccc1Cl)NN. The maximum atomic E-state index is 6.18. The van der Waals surface area contributed by atoms with E-state index in [1.807, 2.05) is 12.1 Å². The first-order valence-corrected chi connectivity index (χ1v) is 7.48. The van der Waals surface area contributed by atoms with E-state index in [0.29, 0.717) is 5.02 Å². The minimum Gasteiger partial charge on any atom is -0.304 e. The van der Waals surface area contributed by atoms with Crippen LogP contribution in [0.25, 0.3) is 0 Å². The van der Waals surface area contributed by atoms with Crippen molar-refractivity contribution in [1.82, 2.24) is 10.3 Å². The topological polar surface area (TPSA) is 41.3 Å². The summed E-state index contributed by atoms with van der Waals surface area (Å²) in [5, 5.41) is 1.45. The molecule has 0 radical (unpaired) electrons. The number of rotatable bonds is 8. The standard InChI is InChI=1S/C14H23Cl2N3/c1-3-19(4-2)8-7-13(18-17)10-11-9-12(15)5-6-14(11)16/h5-6,9,13,18H,3-4,7-8,10,17H2,1-2H3. The van der Waals surface area contributed by atoms with Crippen LogP contribution in [-0.2, 0) is 6.42 Å². The Balaban J connectivity index is 2.58. The summed E-state index contributed by atoms with van der Waals surface area (Å²) in [6.07, 6.45) is 1.78. The zero-order chi connectivity index (χ0) is 14.3. The molecule has 1 aromatic carbocycles. The minimum atomic E-state index is 0.205. The predicted molar refractivity (Wildman–Crippen MR) is 83.7 cm³/mol. The third kappa shape index (κ3) is 5.67. The van der Waals surface area contributed by atoms with E-state index in [-0.39, 0.29) is 6.04 Å². The highest BCUT2D eigenvalue weighted by atomic mass is 35.5. The Morgan fingerprint density at radius 1 is 1.26 bits per heavy atom. The molecule has 0 saturated heterocycles. The molecule has 1 aromatic rings. The van der Waals surface area contributed by atoms with Gasteiger partial charge in [-0.05, 0) is 56.2 Å². The average Bonchev–Trinajstić information content (AvgIpc) is 2.42. The van der Waals surface area contributed by atoms with Gasteiger partial charge in [-0.15, -0.1) is 0 Å². The lowest BCUT2D eigenvalue weighted by Gasteiger charge is -2.22. The maximum Gasteiger partial charge on any atom is 0.0439 e. The number of benzene rings is 1. The monoisotopic (exact) mass is 303 g/mol. The fourth-order valence-electron chi connectivity index (χ4n) is 2.09. The van der Waals surface area contributed by atoms with Gasteiger partial charge in [0.1, 0.15) is 0 Å². The molecule has 0 fully saturated rings. The van der Waals surface area contributed by atoms with Crippen LogP contribution < -0.4 is 11.3 Å². The smallest absolute Gasteiger partial charge is 0.0439 e. The van der Waals surface area contributed by atoms with Crippen LogP contribution in [0.3, 0.4) is 0 Å². The average molecular weight is 304 g/mol. The zero-order valence-electron chi connectivity index (χ0n) is 11.6. The van der Waals surface area contributed by atoms with E-state index >= 15 is 0 Å². The van der Waals surface area contributed by atoms with Crippen molar-refractivity contribution < 1.29 is 0 Å². The molecule has 0 bridgehead atoms. The molecule has 19 heavy (non-hydrogen) atoms. The third-order valence-electron chi connectivity index (χ3n) is 3.40.